The van der Waals surface area contributed by atoms with Crippen molar-refractivity contribution in [3.05, 3.63) is 29.8 Å². The summed E-state index contributed by atoms with van der Waals surface area (Å²) in [5.41, 5.74) is 1.29. The number of hydrogen-bond donors (Lipinski definition) is 1. The van der Waals surface area contributed by atoms with Gasteiger partial charge in [0, 0.05) is 19.8 Å². The molecule has 0 radical (unpaired) electrons. The zero-order valence-electron chi connectivity index (χ0n) is 12.6. The molecule has 1 aromatic rings. The third-order valence-electron chi connectivity index (χ3n) is 3.27. The van der Waals surface area contributed by atoms with E-state index in [9.17, 15) is 0 Å². The summed E-state index contributed by atoms with van der Waals surface area (Å²) < 4.78 is 10.8. The molecule has 0 aromatic heterocycles. The Kier molecular flexibility index (Phi) is 7.53. The smallest absolute Gasteiger partial charge is 0.119 e. The predicted octanol–water partition coefficient (Wildman–Crippen LogP) is 3.55. The molecule has 3 heteroatoms. The SMILES string of the molecule is CC[C@H](C)Oc1ccc([C@@H](C)NCCCOC)cc1. The molecule has 0 saturated heterocycles. The molecule has 2 atom stereocenters. The Balaban J connectivity index is 2.41. The summed E-state index contributed by atoms with van der Waals surface area (Å²) >= 11 is 0. The fraction of sp³-hybridized carbons (Fsp3) is 0.625. The molecule has 0 saturated carbocycles. The van der Waals surface area contributed by atoms with Crippen molar-refractivity contribution in [3.63, 3.8) is 0 Å². The highest BCUT2D eigenvalue weighted by molar-refractivity contribution is 5.29. The van der Waals surface area contributed by atoms with Crippen molar-refractivity contribution >= 4 is 0 Å². The van der Waals surface area contributed by atoms with E-state index in [1.807, 2.05) is 0 Å². The van der Waals surface area contributed by atoms with Crippen molar-refractivity contribution < 1.29 is 9.47 Å². The molecule has 3 nitrogen and oxygen atoms in total. The number of rotatable bonds is 9. The first-order valence-corrected chi connectivity index (χ1v) is 7.16. The van der Waals surface area contributed by atoms with Gasteiger partial charge in [0.15, 0.2) is 0 Å². The van der Waals surface area contributed by atoms with Gasteiger partial charge in [-0.3, -0.25) is 0 Å². The quantitative estimate of drug-likeness (QED) is 0.693. The minimum atomic E-state index is 0.274. The van der Waals surface area contributed by atoms with Crippen LogP contribution in [-0.2, 0) is 4.74 Å². The molecule has 0 unspecified atom stereocenters. The van der Waals surface area contributed by atoms with E-state index in [0.717, 1.165) is 31.7 Å². The lowest BCUT2D eigenvalue weighted by Crippen LogP contribution is -2.20. The topological polar surface area (TPSA) is 30.5 Å². The summed E-state index contributed by atoms with van der Waals surface area (Å²) in [5.74, 6) is 0.949. The minimum Gasteiger partial charge on any atom is -0.491 e. The molecule has 0 aliphatic rings. The molecular weight excluding hydrogens is 238 g/mol. The molecule has 108 valence electrons. The summed E-state index contributed by atoms with van der Waals surface area (Å²) in [6, 6.07) is 8.72. The fourth-order valence-electron chi connectivity index (χ4n) is 1.80. The lowest BCUT2D eigenvalue weighted by molar-refractivity contribution is 0.193. The summed E-state index contributed by atoms with van der Waals surface area (Å²) in [7, 11) is 1.74. The number of ether oxygens (including phenoxy) is 2. The molecule has 0 aliphatic heterocycles. The lowest BCUT2D eigenvalue weighted by Gasteiger charge is -2.16. The summed E-state index contributed by atoms with van der Waals surface area (Å²) in [5, 5.41) is 3.48. The molecule has 0 aliphatic carbocycles. The normalized spacial score (nSPS) is 14.1. The van der Waals surface area contributed by atoms with Crippen LogP contribution in [0.25, 0.3) is 0 Å². The average Bonchev–Trinajstić information content (AvgIpc) is 2.44. The van der Waals surface area contributed by atoms with Gasteiger partial charge in [-0.15, -0.1) is 0 Å². The number of methoxy groups -OCH3 is 1. The molecular formula is C16H27NO2. The second-order valence-corrected chi connectivity index (χ2v) is 4.93. The highest BCUT2D eigenvalue weighted by Crippen LogP contribution is 2.19. The zero-order chi connectivity index (χ0) is 14.1. The summed E-state index contributed by atoms with van der Waals surface area (Å²) in [6.07, 6.45) is 2.34. The predicted molar refractivity (Wildman–Crippen MR) is 79.7 cm³/mol. The van der Waals surface area contributed by atoms with Gasteiger partial charge in [0.05, 0.1) is 6.10 Å². The molecule has 19 heavy (non-hydrogen) atoms. The summed E-state index contributed by atoms with van der Waals surface area (Å²) in [6.45, 7) is 8.18. The second kappa shape index (κ2) is 8.94. The number of nitrogens with one attached hydrogen (secondary N) is 1. The Morgan fingerprint density at radius 3 is 2.42 bits per heavy atom. The molecule has 0 bridgehead atoms. The van der Waals surface area contributed by atoms with Crippen LogP contribution in [-0.4, -0.2) is 26.4 Å². The van der Waals surface area contributed by atoms with Crippen molar-refractivity contribution in [2.24, 2.45) is 0 Å². The summed E-state index contributed by atoms with van der Waals surface area (Å²) in [4.78, 5) is 0. The Labute approximate surface area is 117 Å². The fourth-order valence-corrected chi connectivity index (χ4v) is 1.80. The Bertz CT molecular complexity index is 337. The van der Waals surface area contributed by atoms with Crippen LogP contribution in [0.1, 0.15) is 45.2 Å². The van der Waals surface area contributed by atoms with Crippen LogP contribution in [0.4, 0.5) is 0 Å². The van der Waals surface area contributed by atoms with Gasteiger partial charge in [-0.2, -0.15) is 0 Å². The standard InChI is InChI=1S/C16H27NO2/c1-5-13(2)19-16-9-7-15(8-10-16)14(3)17-11-6-12-18-4/h7-10,13-14,17H,5-6,11-12H2,1-4H3/t13-,14+/m0/s1. The van der Waals surface area contributed by atoms with E-state index in [2.05, 4.69) is 50.4 Å². The molecule has 0 heterocycles. The van der Waals surface area contributed by atoms with Crippen LogP contribution in [0.5, 0.6) is 5.75 Å². The van der Waals surface area contributed by atoms with Crippen LogP contribution in [0.3, 0.4) is 0 Å². The number of hydrogen-bond acceptors (Lipinski definition) is 3. The van der Waals surface area contributed by atoms with Crippen LogP contribution >= 0.6 is 0 Å². The van der Waals surface area contributed by atoms with E-state index in [1.54, 1.807) is 7.11 Å². The first-order valence-electron chi connectivity index (χ1n) is 7.16. The maximum atomic E-state index is 5.77. The molecule has 0 amide bonds. The molecule has 1 aromatic carbocycles. The minimum absolute atomic E-state index is 0.274. The third-order valence-corrected chi connectivity index (χ3v) is 3.27. The van der Waals surface area contributed by atoms with E-state index < -0.39 is 0 Å². The van der Waals surface area contributed by atoms with Crippen molar-refractivity contribution in [1.29, 1.82) is 0 Å². The highest BCUT2D eigenvalue weighted by atomic mass is 16.5. The van der Waals surface area contributed by atoms with E-state index in [-0.39, 0.29) is 6.10 Å². The van der Waals surface area contributed by atoms with Crippen molar-refractivity contribution in [1.82, 2.24) is 5.32 Å². The molecule has 0 fully saturated rings. The molecule has 1 rings (SSSR count). The van der Waals surface area contributed by atoms with E-state index in [4.69, 9.17) is 9.47 Å². The first-order chi connectivity index (χ1) is 9.17. The largest absolute Gasteiger partial charge is 0.491 e. The van der Waals surface area contributed by atoms with Gasteiger partial charge in [0.25, 0.3) is 0 Å². The van der Waals surface area contributed by atoms with Gasteiger partial charge in [-0.25, -0.2) is 0 Å². The van der Waals surface area contributed by atoms with Crippen LogP contribution in [0.15, 0.2) is 24.3 Å². The van der Waals surface area contributed by atoms with E-state index in [0.29, 0.717) is 6.04 Å². The lowest BCUT2D eigenvalue weighted by atomic mass is 10.1. The van der Waals surface area contributed by atoms with Crippen LogP contribution < -0.4 is 10.1 Å². The molecule has 1 N–H and O–H groups in total. The van der Waals surface area contributed by atoms with Gasteiger partial charge in [-0.05, 0) is 50.9 Å². The second-order valence-electron chi connectivity index (χ2n) is 4.93. The molecule has 0 spiro atoms. The van der Waals surface area contributed by atoms with Crippen LogP contribution in [0.2, 0.25) is 0 Å². The number of benzene rings is 1. The maximum Gasteiger partial charge on any atom is 0.119 e. The van der Waals surface area contributed by atoms with Crippen molar-refractivity contribution in [2.45, 2.75) is 45.8 Å². The van der Waals surface area contributed by atoms with E-state index in [1.165, 1.54) is 5.56 Å². The Morgan fingerprint density at radius 2 is 1.84 bits per heavy atom. The maximum absolute atomic E-state index is 5.77. The van der Waals surface area contributed by atoms with Crippen molar-refractivity contribution in [3.8, 4) is 5.75 Å². The third kappa shape index (κ3) is 6.08. The monoisotopic (exact) mass is 265 g/mol. The van der Waals surface area contributed by atoms with Gasteiger partial charge in [0.2, 0.25) is 0 Å². The van der Waals surface area contributed by atoms with Gasteiger partial charge >= 0.3 is 0 Å². The van der Waals surface area contributed by atoms with E-state index >= 15 is 0 Å². The van der Waals surface area contributed by atoms with Crippen molar-refractivity contribution in [2.75, 3.05) is 20.3 Å². The zero-order valence-corrected chi connectivity index (χ0v) is 12.6. The van der Waals surface area contributed by atoms with Crippen LogP contribution in [0, 0.1) is 0 Å². The Hall–Kier alpha value is -1.06. The average molecular weight is 265 g/mol. The first kappa shape index (κ1) is 16.0. The highest BCUT2D eigenvalue weighted by Gasteiger charge is 2.05. The van der Waals surface area contributed by atoms with Gasteiger partial charge in [-0.1, -0.05) is 19.1 Å². The Morgan fingerprint density at radius 1 is 1.16 bits per heavy atom. The van der Waals surface area contributed by atoms with Gasteiger partial charge in [0.1, 0.15) is 5.75 Å². The van der Waals surface area contributed by atoms with Gasteiger partial charge < -0.3 is 14.8 Å².